The van der Waals surface area contributed by atoms with Gasteiger partial charge in [0.25, 0.3) is 15.9 Å². The van der Waals surface area contributed by atoms with Crippen molar-refractivity contribution in [2.75, 3.05) is 18.9 Å². The predicted octanol–water partition coefficient (Wildman–Crippen LogP) is 5.27. The summed E-state index contributed by atoms with van der Waals surface area (Å²) < 4.78 is 39.3. The van der Waals surface area contributed by atoms with Gasteiger partial charge in [-0.25, -0.2) is 8.42 Å². The Balaban J connectivity index is 1.85. The van der Waals surface area contributed by atoms with Gasteiger partial charge >= 0.3 is 0 Å². The van der Waals surface area contributed by atoms with Crippen molar-refractivity contribution in [3.63, 3.8) is 0 Å². The van der Waals surface area contributed by atoms with E-state index < -0.39 is 15.9 Å². The number of benzene rings is 3. The average Bonchev–Trinajstić information content (AvgIpc) is 2.81. The highest BCUT2D eigenvalue weighted by Gasteiger charge is 2.22. The van der Waals surface area contributed by atoms with Crippen molar-refractivity contribution in [3.8, 4) is 11.5 Å². The van der Waals surface area contributed by atoms with Gasteiger partial charge in [0.2, 0.25) is 0 Å². The molecule has 3 rings (SSSR count). The van der Waals surface area contributed by atoms with E-state index in [0.29, 0.717) is 17.2 Å². The Morgan fingerprint density at radius 3 is 2.35 bits per heavy atom. The fourth-order valence-corrected chi connectivity index (χ4v) is 5.05. The number of sulfonamides is 1. The van der Waals surface area contributed by atoms with Crippen LogP contribution in [0.3, 0.4) is 0 Å². The zero-order valence-corrected chi connectivity index (χ0v) is 21.2. The molecule has 180 valence electrons. The molecule has 0 radical (unpaired) electrons. The van der Waals surface area contributed by atoms with Crippen molar-refractivity contribution in [1.29, 1.82) is 0 Å². The first-order chi connectivity index (χ1) is 16.1. The second-order valence-corrected chi connectivity index (χ2v) is 9.87. The summed E-state index contributed by atoms with van der Waals surface area (Å²) in [6.07, 6.45) is 0. The van der Waals surface area contributed by atoms with Gasteiger partial charge in [0.15, 0.2) is 11.5 Å². The second-order valence-electron chi connectivity index (χ2n) is 7.81. The van der Waals surface area contributed by atoms with Crippen LogP contribution in [-0.2, 0) is 10.0 Å². The summed E-state index contributed by atoms with van der Waals surface area (Å²) in [4.78, 5) is 12.7. The van der Waals surface area contributed by atoms with Crippen molar-refractivity contribution >= 4 is 33.2 Å². The second kappa shape index (κ2) is 10.4. The molecule has 3 aromatic carbocycles. The van der Waals surface area contributed by atoms with Gasteiger partial charge < -0.3 is 14.8 Å². The van der Waals surface area contributed by atoms with Crippen molar-refractivity contribution in [1.82, 2.24) is 5.32 Å². The van der Waals surface area contributed by atoms with E-state index in [0.717, 1.165) is 16.7 Å². The molecule has 0 bridgehead atoms. The lowest BCUT2D eigenvalue weighted by atomic mass is 10.1. The molecule has 0 aromatic heterocycles. The van der Waals surface area contributed by atoms with Crippen LogP contribution >= 0.6 is 11.6 Å². The third-order valence-electron chi connectivity index (χ3n) is 5.59. The summed E-state index contributed by atoms with van der Waals surface area (Å²) >= 11 is 6.21. The van der Waals surface area contributed by atoms with Crippen LogP contribution in [-0.4, -0.2) is 28.5 Å². The van der Waals surface area contributed by atoms with E-state index in [4.69, 9.17) is 21.1 Å². The minimum Gasteiger partial charge on any atom is -0.493 e. The molecule has 1 unspecified atom stereocenters. The van der Waals surface area contributed by atoms with Gasteiger partial charge in [0.1, 0.15) is 4.90 Å². The summed E-state index contributed by atoms with van der Waals surface area (Å²) in [5.74, 6) is 0.675. The summed E-state index contributed by atoms with van der Waals surface area (Å²) in [6.45, 7) is 5.54. The van der Waals surface area contributed by atoms with Gasteiger partial charge in [0.05, 0.1) is 31.0 Å². The number of methoxy groups -OCH3 is 2. The van der Waals surface area contributed by atoms with Crippen LogP contribution in [0.5, 0.6) is 11.5 Å². The van der Waals surface area contributed by atoms with Crippen LogP contribution in [0.25, 0.3) is 0 Å². The standard InChI is InChI=1S/C25H27ClN2O5S/c1-15-7-6-8-21(16(15)2)28-34(30,31)24-14-19(9-11-20(24)26)25(29)27-17(3)18-10-12-22(32-4)23(13-18)33-5/h6-14,17,28H,1-5H3,(H,27,29). The molecule has 0 saturated heterocycles. The Labute approximate surface area is 205 Å². The smallest absolute Gasteiger partial charge is 0.263 e. The fourth-order valence-electron chi connectivity index (χ4n) is 3.40. The molecule has 2 N–H and O–H groups in total. The van der Waals surface area contributed by atoms with Gasteiger partial charge in [-0.3, -0.25) is 9.52 Å². The number of amides is 1. The minimum absolute atomic E-state index is 0.0160. The number of nitrogens with one attached hydrogen (secondary N) is 2. The van der Waals surface area contributed by atoms with Gasteiger partial charge in [-0.1, -0.05) is 29.8 Å². The van der Waals surface area contributed by atoms with Crippen molar-refractivity contribution < 1.29 is 22.7 Å². The number of carbonyl (C=O) groups is 1. The zero-order chi connectivity index (χ0) is 25.0. The van der Waals surface area contributed by atoms with Gasteiger partial charge in [-0.05, 0) is 73.9 Å². The summed E-state index contributed by atoms with van der Waals surface area (Å²) in [5.41, 5.74) is 3.17. The van der Waals surface area contributed by atoms with Crippen LogP contribution in [0.15, 0.2) is 59.5 Å². The van der Waals surface area contributed by atoms with E-state index in [9.17, 15) is 13.2 Å². The van der Waals surface area contributed by atoms with E-state index in [1.807, 2.05) is 32.9 Å². The van der Waals surface area contributed by atoms with E-state index >= 15 is 0 Å². The highest BCUT2D eigenvalue weighted by atomic mass is 35.5. The predicted molar refractivity (Wildman–Crippen MR) is 134 cm³/mol. The number of anilines is 1. The Kier molecular flexibility index (Phi) is 7.74. The third-order valence-corrected chi connectivity index (χ3v) is 7.43. The number of carbonyl (C=O) groups excluding carboxylic acids is 1. The van der Waals surface area contributed by atoms with Crippen molar-refractivity contribution in [3.05, 3.63) is 81.9 Å². The van der Waals surface area contributed by atoms with Gasteiger partial charge in [-0.2, -0.15) is 0 Å². The molecule has 9 heteroatoms. The number of hydrogen-bond acceptors (Lipinski definition) is 5. The van der Waals surface area contributed by atoms with Crippen LogP contribution in [0.4, 0.5) is 5.69 Å². The number of hydrogen-bond donors (Lipinski definition) is 2. The topological polar surface area (TPSA) is 93.7 Å². The first-order valence-corrected chi connectivity index (χ1v) is 12.3. The molecule has 0 aliphatic rings. The molecule has 3 aromatic rings. The zero-order valence-electron chi connectivity index (χ0n) is 19.6. The van der Waals surface area contributed by atoms with Crippen LogP contribution < -0.4 is 19.5 Å². The maximum absolute atomic E-state index is 13.1. The molecule has 0 aliphatic heterocycles. The fraction of sp³-hybridized carbons (Fsp3) is 0.240. The molecule has 0 saturated carbocycles. The molecule has 1 atom stereocenters. The summed E-state index contributed by atoms with van der Waals surface area (Å²) in [7, 11) is -0.949. The Morgan fingerprint density at radius 1 is 0.971 bits per heavy atom. The molecule has 34 heavy (non-hydrogen) atoms. The monoisotopic (exact) mass is 502 g/mol. The highest BCUT2D eigenvalue weighted by Crippen LogP contribution is 2.31. The normalized spacial score (nSPS) is 12.1. The molecule has 0 fully saturated rings. The molecular weight excluding hydrogens is 476 g/mol. The first kappa shape index (κ1) is 25.4. The van der Waals surface area contributed by atoms with Crippen LogP contribution in [0, 0.1) is 13.8 Å². The van der Waals surface area contributed by atoms with Crippen LogP contribution in [0.1, 0.15) is 40.0 Å². The Bertz CT molecular complexity index is 1320. The first-order valence-electron chi connectivity index (χ1n) is 10.5. The van der Waals surface area contributed by atoms with Crippen molar-refractivity contribution in [2.45, 2.75) is 31.7 Å². The van der Waals surface area contributed by atoms with Crippen LogP contribution in [0.2, 0.25) is 5.02 Å². The SMILES string of the molecule is COc1ccc(C(C)NC(=O)c2ccc(Cl)c(S(=O)(=O)Nc3cccc(C)c3C)c2)cc1OC. The molecule has 7 nitrogen and oxygen atoms in total. The average molecular weight is 503 g/mol. The minimum atomic E-state index is -4.03. The number of halogens is 1. The quantitative estimate of drug-likeness (QED) is 0.438. The van der Waals surface area contributed by atoms with Gasteiger partial charge in [0, 0.05) is 5.56 Å². The van der Waals surface area contributed by atoms with E-state index in [-0.39, 0.29) is 21.5 Å². The molecule has 0 heterocycles. The maximum atomic E-state index is 13.1. The van der Waals surface area contributed by atoms with E-state index in [1.54, 1.807) is 31.4 Å². The summed E-state index contributed by atoms with van der Waals surface area (Å²) in [6, 6.07) is 14.4. The summed E-state index contributed by atoms with van der Waals surface area (Å²) in [5, 5.41) is 2.89. The van der Waals surface area contributed by atoms with Crippen molar-refractivity contribution in [2.24, 2.45) is 0 Å². The van der Waals surface area contributed by atoms with Gasteiger partial charge in [-0.15, -0.1) is 0 Å². The molecule has 0 spiro atoms. The Morgan fingerprint density at radius 2 is 1.68 bits per heavy atom. The number of ether oxygens (including phenoxy) is 2. The highest BCUT2D eigenvalue weighted by molar-refractivity contribution is 7.92. The number of rotatable bonds is 8. The third kappa shape index (κ3) is 5.46. The lowest BCUT2D eigenvalue weighted by Crippen LogP contribution is -2.27. The largest absolute Gasteiger partial charge is 0.493 e. The molecule has 1 amide bonds. The maximum Gasteiger partial charge on any atom is 0.263 e. The van der Waals surface area contributed by atoms with E-state index in [1.165, 1.54) is 25.3 Å². The molecular formula is C25H27ClN2O5S. The lowest BCUT2D eigenvalue weighted by molar-refractivity contribution is 0.0939. The Hall–Kier alpha value is -3.23. The molecule has 0 aliphatic carbocycles. The number of aryl methyl sites for hydroxylation is 1. The van der Waals surface area contributed by atoms with E-state index in [2.05, 4.69) is 10.0 Å². The lowest BCUT2D eigenvalue weighted by Gasteiger charge is -2.17.